The first-order valence-corrected chi connectivity index (χ1v) is 9.98. The van der Waals surface area contributed by atoms with Crippen LogP contribution in [0.3, 0.4) is 0 Å². The summed E-state index contributed by atoms with van der Waals surface area (Å²) < 4.78 is 0. The third-order valence-corrected chi connectivity index (χ3v) is 5.66. The van der Waals surface area contributed by atoms with E-state index in [4.69, 9.17) is 0 Å². The van der Waals surface area contributed by atoms with Crippen LogP contribution in [-0.4, -0.2) is 21.0 Å². The molecule has 2 amide bonds. The molecule has 6 nitrogen and oxygen atoms in total. The van der Waals surface area contributed by atoms with Crippen molar-refractivity contribution in [3.63, 3.8) is 0 Å². The van der Waals surface area contributed by atoms with Crippen molar-refractivity contribution in [2.75, 3.05) is 0 Å². The molecule has 3 aromatic carbocycles. The van der Waals surface area contributed by atoms with Gasteiger partial charge in [0.05, 0.1) is 21.9 Å². The van der Waals surface area contributed by atoms with Crippen LogP contribution in [0, 0.1) is 10.1 Å². The molecule has 4 rings (SSSR count). The molecule has 0 saturated carbocycles. The summed E-state index contributed by atoms with van der Waals surface area (Å²) in [4.78, 5) is 37.3. The van der Waals surface area contributed by atoms with Crippen molar-refractivity contribution >= 4 is 45.4 Å². The molecular weight excluding hydrogens is 400 g/mol. The maximum absolute atomic E-state index is 12.7. The molecule has 0 atom stereocenters. The minimum atomic E-state index is -0.461. The average molecular weight is 416 g/mol. The molecule has 0 N–H and O–H groups in total. The van der Waals surface area contributed by atoms with Crippen molar-refractivity contribution in [2.24, 2.45) is 0 Å². The second kappa shape index (κ2) is 8.34. The van der Waals surface area contributed by atoms with Gasteiger partial charge < -0.3 is 0 Å². The lowest BCUT2D eigenvalue weighted by Gasteiger charge is -2.14. The average Bonchev–Trinajstić information content (AvgIpc) is 3.02. The summed E-state index contributed by atoms with van der Waals surface area (Å²) in [5.41, 5.74) is 1.30. The van der Waals surface area contributed by atoms with E-state index in [9.17, 15) is 19.7 Å². The highest BCUT2D eigenvalue weighted by molar-refractivity contribution is 8.18. The number of carbonyl (C=O) groups excluding carboxylic acids is 2. The Kier molecular flexibility index (Phi) is 5.45. The molecule has 30 heavy (non-hydrogen) atoms. The number of benzene rings is 3. The lowest BCUT2D eigenvalue weighted by atomic mass is 10.0. The van der Waals surface area contributed by atoms with Gasteiger partial charge in [0.1, 0.15) is 0 Å². The van der Waals surface area contributed by atoms with Gasteiger partial charge in [-0.05, 0) is 46.3 Å². The highest BCUT2D eigenvalue weighted by atomic mass is 32.2. The zero-order chi connectivity index (χ0) is 21.1. The first-order chi connectivity index (χ1) is 14.5. The number of para-hydroxylation sites is 1. The molecule has 1 heterocycles. The fraction of sp³-hybridized carbons (Fsp3) is 0.0435. The first-order valence-electron chi connectivity index (χ1n) is 9.16. The van der Waals surface area contributed by atoms with E-state index < -0.39 is 4.92 Å². The topological polar surface area (TPSA) is 80.5 Å². The molecule has 1 aliphatic rings. The SMILES string of the molecule is O=C1S/C(=C/C=C/c2ccccc2[N+](=O)[O-])C(=O)N1Cc1cccc2ccccc12. The molecule has 0 aromatic heterocycles. The van der Waals surface area contributed by atoms with Crippen LogP contribution in [0.1, 0.15) is 11.1 Å². The fourth-order valence-electron chi connectivity index (χ4n) is 3.29. The first kappa shape index (κ1) is 19.6. The van der Waals surface area contributed by atoms with Crippen molar-refractivity contribution in [1.82, 2.24) is 4.90 Å². The number of hydrogen-bond acceptors (Lipinski definition) is 5. The molecule has 7 heteroatoms. The second-order valence-corrected chi connectivity index (χ2v) is 7.60. The highest BCUT2D eigenvalue weighted by Gasteiger charge is 2.34. The zero-order valence-corrected chi connectivity index (χ0v) is 16.5. The maximum atomic E-state index is 12.7. The Morgan fingerprint density at radius 3 is 2.53 bits per heavy atom. The van der Waals surface area contributed by atoms with Crippen molar-refractivity contribution in [2.45, 2.75) is 6.54 Å². The van der Waals surface area contributed by atoms with Crippen LogP contribution in [-0.2, 0) is 11.3 Å². The predicted octanol–water partition coefficient (Wildman–Crippen LogP) is 5.54. The van der Waals surface area contributed by atoms with Crippen molar-refractivity contribution in [1.29, 1.82) is 0 Å². The smallest absolute Gasteiger partial charge is 0.268 e. The lowest BCUT2D eigenvalue weighted by molar-refractivity contribution is -0.385. The van der Waals surface area contributed by atoms with Gasteiger partial charge in [-0.2, -0.15) is 0 Å². The number of imide groups is 1. The number of nitrogens with zero attached hydrogens (tertiary/aromatic N) is 2. The summed E-state index contributed by atoms with van der Waals surface area (Å²) in [5.74, 6) is -0.370. The van der Waals surface area contributed by atoms with E-state index in [0.29, 0.717) is 5.56 Å². The summed E-state index contributed by atoms with van der Waals surface area (Å²) >= 11 is 0.865. The van der Waals surface area contributed by atoms with E-state index in [-0.39, 0.29) is 28.3 Å². The molecule has 148 valence electrons. The third kappa shape index (κ3) is 3.88. The molecular formula is C23H16N2O4S. The molecule has 0 bridgehead atoms. The van der Waals surface area contributed by atoms with Gasteiger partial charge in [0.25, 0.3) is 16.8 Å². The predicted molar refractivity (Wildman–Crippen MR) is 118 cm³/mol. The monoisotopic (exact) mass is 416 g/mol. The number of fused-ring (bicyclic) bond motifs is 1. The number of allylic oxidation sites excluding steroid dienone is 2. The highest BCUT2D eigenvalue weighted by Crippen LogP contribution is 2.33. The number of rotatable bonds is 5. The Balaban J connectivity index is 1.55. The summed E-state index contributed by atoms with van der Waals surface area (Å²) in [5, 5.41) is 12.8. The van der Waals surface area contributed by atoms with Gasteiger partial charge in [0, 0.05) is 6.07 Å². The number of amides is 2. The van der Waals surface area contributed by atoms with Crippen molar-refractivity contribution in [3.05, 3.63) is 105 Å². The van der Waals surface area contributed by atoms with Crippen molar-refractivity contribution < 1.29 is 14.5 Å². The number of nitro benzene ring substituents is 1. The van der Waals surface area contributed by atoms with Crippen LogP contribution >= 0.6 is 11.8 Å². The van der Waals surface area contributed by atoms with Gasteiger partial charge >= 0.3 is 0 Å². The van der Waals surface area contributed by atoms with E-state index in [1.807, 2.05) is 42.5 Å². The second-order valence-electron chi connectivity index (χ2n) is 6.60. The molecule has 3 aromatic rings. The quantitative estimate of drug-likeness (QED) is 0.310. The molecule has 0 spiro atoms. The molecule has 0 aliphatic carbocycles. The Labute approximate surface area is 176 Å². The summed E-state index contributed by atoms with van der Waals surface area (Å²) in [6, 6.07) is 19.9. The Bertz CT molecular complexity index is 1230. The van der Waals surface area contributed by atoms with Crippen LogP contribution in [0.15, 0.2) is 83.8 Å². The van der Waals surface area contributed by atoms with E-state index in [0.717, 1.165) is 28.1 Å². The maximum Gasteiger partial charge on any atom is 0.293 e. The Morgan fingerprint density at radius 1 is 0.967 bits per heavy atom. The van der Waals surface area contributed by atoms with Gasteiger partial charge in [-0.15, -0.1) is 0 Å². The normalized spacial score (nSPS) is 15.6. The standard InChI is InChI=1S/C23H16N2O4S/c26-22-21(14-6-10-17-8-2-4-13-20(17)25(28)29)30-23(27)24(22)15-18-11-5-9-16-7-1-3-12-19(16)18/h1-14H,15H2/b10-6+,21-14+. The Morgan fingerprint density at radius 2 is 1.70 bits per heavy atom. The molecule has 0 radical (unpaired) electrons. The van der Waals surface area contributed by atoms with Gasteiger partial charge in [-0.1, -0.05) is 60.7 Å². The number of thioether (sulfide) groups is 1. The number of hydrogen-bond donors (Lipinski definition) is 0. The summed E-state index contributed by atoms with van der Waals surface area (Å²) in [6.07, 6.45) is 4.62. The molecule has 1 aliphatic heterocycles. The minimum Gasteiger partial charge on any atom is -0.268 e. The van der Waals surface area contributed by atoms with Gasteiger partial charge in [-0.25, -0.2) is 0 Å². The number of nitro groups is 1. The van der Waals surface area contributed by atoms with Gasteiger partial charge in [0.15, 0.2) is 0 Å². The van der Waals surface area contributed by atoms with Crippen LogP contribution in [0.5, 0.6) is 0 Å². The number of carbonyl (C=O) groups is 2. The zero-order valence-electron chi connectivity index (χ0n) is 15.7. The molecule has 0 unspecified atom stereocenters. The van der Waals surface area contributed by atoms with E-state index >= 15 is 0 Å². The van der Waals surface area contributed by atoms with Crippen LogP contribution < -0.4 is 0 Å². The summed E-state index contributed by atoms with van der Waals surface area (Å²) in [7, 11) is 0. The Hall–Kier alpha value is -3.71. The third-order valence-electron chi connectivity index (χ3n) is 4.74. The van der Waals surface area contributed by atoms with Gasteiger partial charge in [0.2, 0.25) is 0 Å². The lowest BCUT2D eigenvalue weighted by Crippen LogP contribution is -2.27. The van der Waals surface area contributed by atoms with E-state index in [1.165, 1.54) is 17.0 Å². The van der Waals surface area contributed by atoms with E-state index in [2.05, 4.69) is 0 Å². The van der Waals surface area contributed by atoms with Crippen molar-refractivity contribution in [3.8, 4) is 0 Å². The molecule has 1 fully saturated rings. The largest absolute Gasteiger partial charge is 0.293 e. The van der Waals surface area contributed by atoms with Crippen LogP contribution in [0.4, 0.5) is 10.5 Å². The fourth-order valence-corrected chi connectivity index (χ4v) is 4.07. The van der Waals surface area contributed by atoms with Crippen LogP contribution in [0.25, 0.3) is 16.8 Å². The molecule has 1 saturated heterocycles. The van der Waals surface area contributed by atoms with Gasteiger partial charge in [-0.3, -0.25) is 24.6 Å². The van der Waals surface area contributed by atoms with E-state index in [1.54, 1.807) is 30.4 Å². The summed E-state index contributed by atoms with van der Waals surface area (Å²) in [6.45, 7) is 0.192. The van der Waals surface area contributed by atoms with Crippen LogP contribution in [0.2, 0.25) is 0 Å². The minimum absolute atomic E-state index is 0.0220.